The maximum absolute atomic E-state index is 13.2. The molecule has 0 saturated heterocycles. The number of nitrogens with one attached hydrogen (secondary N) is 1. The summed E-state index contributed by atoms with van der Waals surface area (Å²) in [7, 11) is 0. The fraction of sp³-hybridized carbons (Fsp3) is 0.444. The lowest BCUT2D eigenvalue weighted by Crippen LogP contribution is -2.28. The van der Waals surface area contributed by atoms with Gasteiger partial charge in [-0.25, -0.2) is 4.39 Å². The average molecular weight is 303 g/mol. The molecule has 1 heterocycles. The molecule has 1 saturated carbocycles. The summed E-state index contributed by atoms with van der Waals surface area (Å²) < 4.78 is 13.2. The van der Waals surface area contributed by atoms with Crippen molar-refractivity contribution in [2.24, 2.45) is 5.92 Å². The van der Waals surface area contributed by atoms with Crippen LogP contribution in [0.3, 0.4) is 0 Å². The summed E-state index contributed by atoms with van der Waals surface area (Å²) in [6.07, 6.45) is 6.26. The highest BCUT2D eigenvalue weighted by Crippen LogP contribution is 2.37. The number of hydrogen-bond donors (Lipinski definition) is 1. The molecule has 1 nitrogen and oxygen atoms in total. The largest absolute Gasteiger partial charge is 0.309 e. The molecule has 1 atom stereocenters. The molecular formula is C18H22FNS. The summed E-state index contributed by atoms with van der Waals surface area (Å²) in [5.74, 6) is 0.620. The summed E-state index contributed by atoms with van der Waals surface area (Å²) in [6.45, 7) is 0.905. The number of hydrogen-bond acceptors (Lipinski definition) is 2. The highest BCUT2D eigenvalue weighted by Gasteiger charge is 2.26. The fourth-order valence-corrected chi connectivity index (χ4v) is 4.22. The Morgan fingerprint density at radius 1 is 1.19 bits per heavy atom. The Morgan fingerprint density at radius 2 is 2.05 bits per heavy atom. The monoisotopic (exact) mass is 303 g/mol. The van der Waals surface area contributed by atoms with Gasteiger partial charge in [0, 0.05) is 10.9 Å². The standard InChI is InChI=1S/C18H22FNS/c19-16-8-3-5-14(13-16)10-11-20-18(15-6-1-2-7-15)17-9-4-12-21-17/h3-5,8-9,12-13,15,18,20H,1-2,6-7,10-11H2. The smallest absolute Gasteiger partial charge is 0.123 e. The van der Waals surface area contributed by atoms with Crippen LogP contribution in [0.2, 0.25) is 0 Å². The second-order valence-corrected chi connectivity index (χ2v) is 6.85. The zero-order valence-corrected chi connectivity index (χ0v) is 13.0. The number of benzene rings is 1. The van der Waals surface area contributed by atoms with E-state index in [0.717, 1.165) is 24.4 Å². The molecular weight excluding hydrogens is 281 g/mol. The van der Waals surface area contributed by atoms with Crippen molar-refractivity contribution in [3.63, 3.8) is 0 Å². The molecule has 1 unspecified atom stereocenters. The van der Waals surface area contributed by atoms with Crippen LogP contribution in [0.4, 0.5) is 4.39 Å². The lowest BCUT2D eigenvalue weighted by molar-refractivity contribution is 0.374. The Balaban J connectivity index is 1.60. The quantitative estimate of drug-likeness (QED) is 0.796. The van der Waals surface area contributed by atoms with Crippen LogP contribution in [0.25, 0.3) is 0 Å². The molecule has 0 bridgehead atoms. The third kappa shape index (κ3) is 3.92. The van der Waals surface area contributed by atoms with E-state index in [1.807, 2.05) is 17.4 Å². The van der Waals surface area contributed by atoms with E-state index in [4.69, 9.17) is 0 Å². The lowest BCUT2D eigenvalue weighted by atomic mass is 9.96. The minimum Gasteiger partial charge on any atom is -0.309 e. The van der Waals surface area contributed by atoms with Gasteiger partial charge < -0.3 is 5.32 Å². The van der Waals surface area contributed by atoms with Crippen molar-refractivity contribution in [1.82, 2.24) is 5.32 Å². The average Bonchev–Trinajstić information content (AvgIpc) is 3.17. The van der Waals surface area contributed by atoms with Gasteiger partial charge in [-0.05, 0) is 60.9 Å². The first kappa shape index (κ1) is 14.7. The maximum Gasteiger partial charge on any atom is 0.123 e. The fourth-order valence-electron chi connectivity index (χ4n) is 3.32. The second kappa shape index (κ2) is 7.19. The minimum atomic E-state index is -0.141. The number of halogens is 1. The van der Waals surface area contributed by atoms with Crippen LogP contribution in [0, 0.1) is 11.7 Å². The number of rotatable bonds is 6. The second-order valence-electron chi connectivity index (χ2n) is 5.87. The van der Waals surface area contributed by atoms with E-state index in [1.165, 1.54) is 36.6 Å². The van der Waals surface area contributed by atoms with E-state index < -0.39 is 0 Å². The van der Waals surface area contributed by atoms with E-state index >= 15 is 0 Å². The summed E-state index contributed by atoms with van der Waals surface area (Å²) in [4.78, 5) is 1.45. The molecule has 0 radical (unpaired) electrons. The molecule has 2 aromatic rings. The molecule has 1 aromatic carbocycles. The Labute approximate surface area is 130 Å². The van der Waals surface area contributed by atoms with Crippen LogP contribution < -0.4 is 5.32 Å². The third-order valence-corrected chi connectivity index (χ3v) is 5.34. The van der Waals surface area contributed by atoms with E-state index in [-0.39, 0.29) is 5.82 Å². The van der Waals surface area contributed by atoms with Crippen LogP contribution in [0.1, 0.15) is 42.2 Å². The molecule has 1 aliphatic carbocycles. The molecule has 0 aliphatic heterocycles. The van der Waals surface area contributed by atoms with Crippen molar-refractivity contribution in [3.8, 4) is 0 Å². The van der Waals surface area contributed by atoms with Gasteiger partial charge in [0.05, 0.1) is 0 Å². The highest BCUT2D eigenvalue weighted by atomic mass is 32.1. The van der Waals surface area contributed by atoms with E-state index in [0.29, 0.717) is 6.04 Å². The molecule has 0 spiro atoms. The van der Waals surface area contributed by atoms with E-state index in [1.54, 1.807) is 12.1 Å². The molecule has 1 aromatic heterocycles. The first-order valence-corrected chi connectivity index (χ1v) is 8.72. The van der Waals surface area contributed by atoms with Crippen molar-refractivity contribution < 1.29 is 4.39 Å². The summed E-state index contributed by atoms with van der Waals surface area (Å²) in [6, 6.07) is 11.8. The maximum atomic E-state index is 13.2. The summed E-state index contributed by atoms with van der Waals surface area (Å²) >= 11 is 1.84. The molecule has 21 heavy (non-hydrogen) atoms. The molecule has 3 rings (SSSR count). The van der Waals surface area contributed by atoms with Gasteiger partial charge in [-0.3, -0.25) is 0 Å². The predicted molar refractivity (Wildman–Crippen MR) is 87.1 cm³/mol. The van der Waals surface area contributed by atoms with Gasteiger partial charge in [0.1, 0.15) is 5.82 Å². The van der Waals surface area contributed by atoms with E-state index in [9.17, 15) is 4.39 Å². The van der Waals surface area contributed by atoms with Crippen LogP contribution >= 0.6 is 11.3 Å². The Morgan fingerprint density at radius 3 is 2.76 bits per heavy atom. The van der Waals surface area contributed by atoms with Crippen molar-refractivity contribution in [2.75, 3.05) is 6.54 Å². The van der Waals surface area contributed by atoms with Crippen LogP contribution in [0.15, 0.2) is 41.8 Å². The normalized spacial score (nSPS) is 17.2. The zero-order chi connectivity index (χ0) is 14.5. The molecule has 3 heteroatoms. The Kier molecular flexibility index (Phi) is 5.04. The van der Waals surface area contributed by atoms with Gasteiger partial charge >= 0.3 is 0 Å². The SMILES string of the molecule is Fc1cccc(CCNC(c2cccs2)C2CCCC2)c1. The van der Waals surface area contributed by atoms with Crippen molar-refractivity contribution in [2.45, 2.75) is 38.1 Å². The minimum absolute atomic E-state index is 0.141. The third-order valence-electron chi connectivity index (χ3n) is 4.39. The van der Waals surface area contributed by atoms with Crippen molar-refractivity contribution in [3.05, 3.63) is 58.0 Å². The topological polar surface area (TPSA) is 12.0 Å². The van der Waals surface area contributed by atoms with Crippen LogP contribution in [-0.4, -0.2) is 6.54 Å². The molecule has 0 amide bonds. The first-order valence-electron chi connectivity index (χ1n) is 7.84. The zero-order valence-electron chi connectivity index (χ0n) is 12.2. The molecule has 1 fully saturated rings. The van der Waals surface area contributed by atoms with Gasteiger partial charge in [-0.2, -0.15) is 0 Å². The summed E-state index contributed by atoms with van der Waals surface area (Å²) in [5.41, 5.74) is 1.07. The Hall–Kier alpha value is -1.19. The molecule has 1 N–H and O–H groups in total. The summed E-state index contributed by atoms with van der Waals surface area (Å²) in [5, 5.41) is 5.88. The first-order chi connectivity index (χ1) is 10.3. The van der Waals surface area contributed by atoms with Crippen molar-refractivity contribution in [1.29, 1.82) is 0 Å². The van der Waals surface area contributed by atoms with Gasteiger partial charge in [0.15, 0.2) is 0 Å². The Bertz CT molecular complexity index is 546. The van der Waals surface area contributed by atoms with Crippen LogP contribution in [0.5, 0.6) is 0 Å². The van der Waals surface area contributed by atoms with Gasteiger partial charge in [-0.1, -0.05) is 31.0 Å². The van der Waals surface area contributed by atoms with Crippen LogP contribution in [-0.2, 0) is 6.42 Å². The van der Waals surface area contributed by atoms with E-state index in [2.05, 4.69) is 22.8 Å². The lowest BCUT2D eigenvalue weighted by Gasteiger charge is -2.24. The highest BCUT2D eigenvalue weighted by molar-refractivity contribution is 7.10. The molecule has 1 aliphatic rings. The van der Waals surface area contributed by atoms with Gasteiger partial charge in [-0.15, -0.1) is 11.3 Å². The predicted octanol–water partition coefficient (Wildman–Crippen LogP) is 4.95. The van der Waals surface area contributed by atoms with Gasteiger partial charge in [0.25, 0.3) is 0 Å². The van der Waals surface area contributed by atoms with Crippen molar-refractivity contribution >= 4 is 11.3 Å². The number of thiophene rings is 1. The molecule has 112 valence electrons. The van der Waals surface area contributed by atoms with Gasteiger partial charge in [0.2, 0.25) is 0 Å².